The summed E-state index contributed by atoms with van der Waals surface area (Å²) in [6.07, 6.45) is 0. The number of carbonyl (C=O) groups excluding carboxylic acids is 2. The molecule has 3 aromatic carbocycles. The van der Waals surface area contributed by atoms with Crippen molar-refractivity contribution in [3.8, 4) is 0 Å². The van der Waals surface area contributed by atoms with Crippen molar-refractivity contribution in [2.24, 2.45) is 0 Å². The zero-order valence-corrected chi connectivity index (χ0v) is 17.5. The standard InChI is InChI=1S/C24H24N2O3S/c27-23(17-30-22-10-9-19-3-1-2-4-21(19)15-22)25-16-18-5-7-20(8-6-18)24(28)26-11-13-29-14-12-26/h1-10,15H,11-14,16-17H2,(H,25,27). The second kappa shape index (κ2) is 9.78. The number of hydrogen-bond acceptors (Lipinski definition) is 4. The minimum absolute atomic E-state index is 0.0124. The van der Waals surface area contributed by atoms with E-state index < -0.39 is 0 Å². The zero-order valence-electron chi connectivity index (χ0n) is 16.7. The van der Waals surface area contributed by atoms with Gasteiger partial charge in [-0.2, -0.15) is 0 Å². The van der Waals surface area contributed by atoms with Crippen LogP contribution in [0.15, 0.2) is 71.6 Å². The molecule has 1 aliphatic heterocycles. The zero-order chi connectivity index (χ0) is 20.8. The Bertz CT molecular complexity index is 1030. The van der Waals surface area contributed by atoms with Crippen LogP contribution in [-0.4, -0.2) is 48.8 Å². The smallest absolute Gasteiger partial charge is 0.254 e. The van der Waals surface area contributed by atoms with E-state index in [-0.39, 0.29) is 11.8 Å². The average molecular weight is 421 g/mol. The maximum absolute atomic E-state index is 12.5. The van der Waals surface area contributed by atoms with E-state index in [0.717, 1.165) is 10.5 Å². The second-order valence-electron chi connectivity index (χ2n) is 7.18. The molecule has 0 atom stereocenters. The molecule has 6 heteroatoms. The maximum Gasteiger partial charge on any atom is 0.254 e. The molecule has 1 fully saturated rings. The number of carbonyl (C=O) groups is 2. The van der Waals surface area contributed by atoms with Gasteiger partial charge in [0.15, 0.2) is 0 Å². The van der Waals surface area contributed by atoms with E-state index in [1.807, 2.05) is 47.4 Å². The van der Waals surface area contributed by atoms with E-state index >= 15 is 0 Å². The normalized spacial score (nSPS) is 13.9. The number of rotatable bonds is 6. The van der Waals surface area contributed by atoms with Crippen molar-refractivity contribution in [3.05, 3.63) is 77.9 Å². The van der Waals surface area contributed by atoms with Gasteiger partial charge in [-0.05, 0) is 40.6 Å². The Balaban J connectivity index is 1.25. The minimum Gasteiger partial charge on any atom is -0.378 e. The predicted octanol–water partition coefficient (Wildman–Crippen LogP) is 3.72. The molecule has 0 saturated carbocycles. The van der Waals surface area contributed by atoms with Crippen LogP contribution in [0.4, 0.5) is 0 Å². The second-order valence-corrected chi connectivity index (χ2v) is 8.22. The van der Waals surface area contributed by atoms with Crippen molar-refractivity contribution in [2.45, 2.75) is 11.4 Å². The number of hydrogen-bond donors (Lipinski definition) is 1. The van der Waals surface area contributed by atoms with E-state index in [2.05, 4.69) is 29.6 Å². The quantitative estimate of drug-likeness (QED) is 0.618. The molecule has 0 radical (unpaired) electrons. The van der Waals surface area contributed by atoms with Crippen molar-refractivity contribution in [1.29, 1.82) is 0 Å². The minimum atomic E-state index is -0.0124. The van der Waals surface area contributed by atoms with E-state index in [9.17, 15) is 9.59 Å². The van der Waals surface area contributed by atoms with E-state index in [0.29, 0.717) is 44.2 Å². The summed E-state index contributed by atoms with van der Waals surface area (Å²) in [6.45, 7) is 2.89. The van der Waals surface area contributed by atoms with Crippen LogP contribution in [-0.2, 0) is 16.1 Å². The molecule has 0 aliphatic carbocycles. The topological polar surface area (TPSA) is 58.6 Å². The van der Waals surface area contributed by atoms with E-state index in [1.165, 1.54) is 22.5 Å². The molecule has 1 aliphatic rings. The van der Waals surface area contributed by atoms with E-state index in [4.69, 9.17) is 4.74 Å². The summed E-state index contributed by atoms with van der Waals surface area (Å²) in [5, 5.41) is 5.32. The van der Waals surface area contributed by atoms with Crippen LogP contribution < -0.4 is 5.32 Å². The fourth-order valence-electron chi connectivity index (χ4n) is 3.37. The molecule has 0 aromatic heterocycles. The molecular formula is C24H24N2O3S. The summed E-state index contributed by atoms with van der Waals surface area (Å²) in [5.41, 5.74) is 1.64. The van der Waals surface area contributed by atoms with Crippen LogP contribution in [0.5, 0.6) is 0 Å². The van der Waals surface area contributed by atoms with Crippen molar-refractivity contribution in [2.75, 3.05) is 32.1 Å². The van der Waals surface area contributed by atoms with Crippen LogP contribution in [0.25, 0.3) is 10.8 Å². The van der Waals surface area contributed by atoms with Gasteiger partial charge in [-0.15, -0.1) is 11.8 Å². The van der Waals surface area contributed by atoms with Gasteiger partial charge in [-0.3, -0.25) is 9.59 Å². The third kappa shape index (κ3) is 5.20. The van der Waals surface area contributed by atoms with Crippen molar-refractivity contribution < 1.29 is 14.3 Å². The molecule has 0 unspecified atom stereocenters. The number of thioether (sulfide) groups is 1. The lowest BCUT2D eigenvalue weighted by atomic mass is 10.1. The molecule has 30 heavy (non-hydrogen) atoms. The molecule has 3 aromatic rings. The molecule has 1 N–H and O–H groups in total. The first-order chi connectivity index (χ1) is 14.7. The Morgan fingerprint density at radius 1 is 0.933 bits per heavy atom. The monoisotopic (exact) mass is 420 g/mol. The third-order valence-corrected chi connectivity index (χ3v) is 6.07. The number of fused-ring (bicyclic) bond motifs is 1. The molecule has 1 saturated heterocycles. The maximum atomic E-state index is 12.5. The van der Waals surface area contributed by atoms with Crippen LogP contribution >= 0.6 is 11.8 Å². The highest BCUT2D eigenvalue weighted by atomic mass is 32.2. The van der Waals surface area contributed by atoms with Crippen molar-refractivity contribution >= 4 is 34.3 Å². The number of nitrogens with zero attached hydrogens (tertiary/aromatic N) is 1. The summed E-state index contributed by atoms with van der Waals surface area (Å²) in [7, 11) is 0. The third-order valence-electron chi connectivity index (χ3n) is 5.08. The summed E-state index contributed by atoms with van der Waals surface area (Å²) in [4.78, 5) is 27.6. The Hall–Kier alpha value is -2.83. The highest BCUT2D eigenvalue weighted by Gasteiger charge is 2.18. The van der Waals surface area contributed by atoms with Crippen LogP contribution in [0.1, 0.15) is 15.9 Å². The Morgan fingerprint density at radius 2 is 1.67 bits per heavy atom. The summed E-state index contributed by atoms with van der Waals surface area (Å²) in [5.74, 6) is 0.383. The fraction of sp³-hybridized carbons (Fsp3) is 0.250. The SMILES string of the molecule is O=C(CSc1ccc2ccccc2c1)NCc1ccc(C(=O)N2CCOCC2)cc1. The van der Waals surface area contributed by atoms with Crippen molar-refractivity contribution in [1.82, 2.24) is 10.2 Å². The van der Waals surface area contributed by atoms with Gasteiger partial charge in [-0.25, -0.2) is 0 Å². The predicted molar refractivity (Wildman–Crippen MR) is 120 cm³/mol. The molecule has 154 valence electrons. The number of benzene rings is 3. The molecule has 0 bridgehead atoms. The Morgan fingerprint density at radius 3 is 2.43 bits per heavy atom. The first-order valence-corrected chi connectivity index (χ1v) is 11.0. The van der Waals surface area contributed by atoms with Gasteiger partial charge in [-0.1, -0.05) is 42.5 Å². The lowest BCUT2D eigenvalue weighted by Gasteiger charge is -2.26. The van der Waals surface area contributed by atoms with Gasteiger partial charge < -0.3 is 15.0 Å². The number of morpholine rings is 1. The lowest BCUT2D eigenvalue weighted by molar-refractivity contribution is -0.118. The fourth-order valence-corrected chi connectivity index (χ4v) is 4.15. The largest absolute Gasteiger partial charge is 0.378 e. The van der Waals surface area contributed by atoms with Crippen LogP contribution in [0, 0.1) is 0 Å². The summed E-state index contributed by atoms with van der Waals surface area (Å²) >= 11 is 1.53. The lowest BCUT2D eigenvalue weighted by Crippen LogP contribution is -2.40. The van der Waals surface area contributed by atoms with Gasteiger partial charge in [0.05, 0.1) is 19.0 Å². The van der Waals surface area contributed by atoms with Gasteiger partial charge in [0, 0.05) is 30.1 Å². The number of nitrogens with one attached hydrogen (secondary N) is 1. The molecule has 0 spiro atoms. The number of amides is 2. The van der Waals surface area contributed by atoms with Crippen LogP contribution in [0.2, 0.25) is 0 Å². The molecule has 2 amide bonds. The Labute approximate surface area is 180 Å². The molecule has 1 heterocycles. The van der Waals surface area contributed by atoms with Gasteiger partial charge in [0.2, 0.25) is 5.91 Å². The average Bonchev–Trinajstić information content (AvgIpc) is 2.81. The first-order valence-electron chi connectivity index (χ1n) is 10.0. The van der Waals surface area contributed by atoms with Crippen LogP contribution in [0.3, 0.4) is 0 Å². The summed E-state index contributed by atoms with van der Waals surface area (Å²) < 4.78 is 5.29. The van der Waals surface area contributed by atoms with Gasteiger partial charge in [0.25, 0.3) is 5.91 Å². The van der Waals surface area contributed by atoms with E-state index in [1.54, 1.807) is 0 Å². The first kappa shape index (κ1) is 20.4. The highest BCUT2D eigenvalue weighted by molar-refractivity contribution is 8.00. The molecular weight excluding hydrogens is 396 g/mol. The highest BCUT2D eigenvalue weighted by Crippen LogP contribution is 2.23. The van der Waals surface area contributed by atoms with Gasteiger partial charge >= 0.3 is 0 Å². The Kier molecular flexibility index (Phi) is 6.67. The van der Waals surface area contributed by atoms with Crippen molar-refractivity contribution in [3.63, 3.8) is 0 Å². The summed E-state index contributed by atoms with van der Waals surface area (Å²) in [6, 6.07) is 21.9. The number of ether oxygens (including phenoxy) is 1. The molecule has 4 rings (SSSR count). The molecule has 5 nitrogen and oxygen atoms in total. The van der Waals surface area contributed by atoms with Gasteiger partial charge in [0.1, 0.15) is 0 Å².